The Morgan fingerprint density at radius 2 is 1.90 bits per heavy atom. The Morgan fingerprint density at radius 1 is 1.24 bits per heavy atom. The summed E-state index contributed by atoms with van der Waals surface area (Å²) in [5.74, 6) is -2.15. The SMILES string of the molecule is CC(C(=O)c1ccc(F)c(F)c1)N1CCN(CCO)CC1. The molecule has 1 unspecified atom stereocenters. The lowest BCUT2D eigenvalue weighted by atomic mass is 10.0. The van der Waals surface area contributed by atoms with Crippen LogP contribution in [0.3, 0.4) is 0 Å². The highest BCUT2D eigenvalue weighted by Gasteiger charge is 2.26. The van der Waals surface area contributed by atoms with Gasteiger partial charge in [-0.25, -0.2) is 8.78 Å². The predicted molar refractivity (Wildman–Crippen MR) is 75.2 cm³/mol. The highest BCUT2D eigenvalue weighted by atomic mass is 19.2. The van der Waals surface area contributed by atoms with Crippen LogP contribution in [0.2, 0.25) is 0 Å². The molecule has 1 aliphatic rings. The van der Waals surface area contributed by atoms with Gasteiger partial charge in [0.15, 0.2) is 17.4 Å². The van der Waals surface area contributed by atoms with Crippen LogP contribution in [0, 0.1) is 11.6 Å². The van der Waals surface area contributed by atoms with Crippen molar-refractivity contribution >= 4 is 5.78 Å². The highest BCUT2D eigenvalue weighted by molar-refractivity contribution is 5.99. The Labute approximate surface area is 123 Å². The zero-order valence-corrected chi connectivity index (χ0v) is 12.1. The number of piperazine rings is 1. The van der Waals surface area contributed by atoms with Crippen molar-refractivity contribution in [2.75, 3.05) is 39.3 Å². The van der Waals surface area contributed by atoms with Crippen LogP contribution in [0.5, 0.6) is 0 Å². The van der Waals surface area contributed by atoms with Crippen molar-refractivity contribution in [1.29, 1.82) is 0 Å². The molecule has 2 rings (SSSR count). The zero-order chi connectivity index (χ0) is 15.4. The lowest BCUT2D eigenvalue weighted by Crippen LogP contribution is -2.52. The lowest BCUT2D eigenvalue weighted by Gasteiger charge is -2.37. The maximum absolute atomic E-state index is 13.2. The van der Waals surface area contributed by atoms with E-state index in [0.29, 0.717) is 6.54 Å². The second kappa shape index (κ2) is 7.06. The molecule has 1 aromatic carbocycles. The minimum absolute atomic E-state index is 0.128. The van der Waals surface area contributed by atoms with Gasteiger partial charge in [-0.15, -0.1) is 0 Å². The number of nitrogens with zero attached hydrogens (tertiary/aromatic N) is 2. The Hall–Kier alpha value is -1.37. The van der Waals surface area contributed by atoms with Gasteiger partial charge >= 0.3 is 0 Å². The van der Waals surface area contributed by atoms with Gasteiger partial charge in [0.05, 0.1) is 12.6 Å². The van der Waals surface area contributed by atoms with Gasteiger partial charge in [0.2, 0.25) is 0 Å². The first-order valence-corrected chi connectivity index (χ1v) is 7.09. The summed E-state index contributed by atoms with van der Waals surface area (Å²) in [7, 11) is 0. The van der Waals surface area contributed by atoms with Gasteiger partial charge in [0.25, 0.3) is 0 Å². The lowest BCUT2D eigenvalue weighted by molar-refractivity contribution is 0.0663. The molecule has 1 aromatic rings. The van der Waals surface area contributed by atoms with Crippen LogP contribution >= 0.6 is 0 Å². The second-order valence-corrected chi connectivity index (χ2v) is 5.27. The van der Waals surface area contributed by atoms with E-state index in [1.165, 1.54) is 6.07 Å². The Bertz CT molecular complexity index is 502. The molecule has 0 bridgehead atoms. The van der Waals surface area contributed by atoms with Crippen LogP contribution in [-0.4, -0.2) is 66.1 Å². The molecular weight excluding hydrogens is 278 g/mol. The molecule has 1 fully saturated rings. The molecule has 1 aliphatic heterocycles. The fraction of sp³-hybridized carbons (Fsp3) is 0.533. The normalized spacial score (nSPS) is 18.7. The van der Waals surface area contributed by atoms with Crippen LogP contribution in [0.4, 0.5) is 8.78 Å². The molecule has 1 heterocycles. The number of aliphatic hydroxyl groups is 1. The van der Waals surface area contributed by atoms with E-state index in [-0.39, 0.29) is 24.0 Å². The van der Waals surface area contributed by atoms with E-state index < -0.39 is 11.6 Å². The number of hydrogen-bond donors (Lipinski definition) is 1. The Balaban J connectivity index is 1.98. The molecule has 0 radical (unpaired) electrons. The van der Waals surface area contributed by atoms with Gasteiger partial charge in [-0.1, -0.05) is 0 Å². The number of aliphatic hydroxyl groups excluding tert-OH is 1. The number of carbonyl (C=O) groups excluding carboxylic acids is 1. The number of rotatable bonds is 5. The van der Waals surface area contributed by atoms with E-state index >= 15 is 0 Å². The van der Waals surface area contributed by atoms with E-state index in [4.69, 9.17) is 5.11 Å². The standard InChI is InChI=1S/C15H20F2N2O2/c1-11(19-6-4-18(5-7-19)8-9-20)15(21)12-2-3-13(16)14(17)10-12/h2-3,10-11,20H,4-9H2,1H3. The Morgan fingerprint density at radius 3 is 2.48 bits per heavy atom. The third-order valence-corrected chi connectivity index (χ3v) is 3.95. The fourth-order valence-electron chi connectivity index (χ4n) is 2.57. The first-order chi connectivity index (χ1) is 10.0. The number of benzene rings is 1. The van der Waals surface area contributed by atoms with Crippen molar-refractivity contribution in [3.63, 3.8) is 0 Å². The molecule has 0 aromatic heterocycles. The quantitative estimate of drug-likeness (QED) is 0.828. The molecule has 0 spiro atoms. The molecule has 1 N–H and O–H groups in total. The molecule has 6 heteroatoms. The summed E-state index contributed by atoms with van der Waals surface area (Å²) in [6.07, 6.45) is 0. The van der Waals surface area contributed by atoms with Crippen LogP contribution < -0.4 is 0 Å². The van der Waals surface area contributed by atoms with E-state index in [9.17, 15) is 13.6 Å². The summed E-state index contributed by atoms with van der Waals surface area (Å²) >= 11 is 0. The molecule has 0 saturated carbocycles. The van der Waals surface area contributed by atoms with Gasteiger partial charge in [0.1, 0.15) is 0 Å². The highest BCUT2D eigenvalue weighted by Crippen LogP contribution is 2.14. The molecule has 1 saturated heterocycles. The summed E-state index contributed by atoms with van der Waals surface area (Å²) in [6, 6.07) is 2.88. The Kier molecular flexibility index (Phi) is 5.39. The monoisotopic (exact) mass is 298 g/mol. The maximum atomic E-state index is 13.2. The third-order valence-electron chi connectivity index (χ3n) is 3.95. The van der Waals surface area contributed by atoms with Gasteiger partial charge in [-0.3, -0.25) is 14.6 Å². The first-order valence-electron chi connectivity index (χ1n) is 7.09. The number of Topliss-reactive ketones (excluding diaryl/α,β-unsaturated/α-hetero) is 1. The van der Waals surface area contributed by atoms with Crippen LogP contribution in [-0.2, 0) is 0 Å². The number of carbonyl (C=O) groups is 1. The molecule has 4 nitrogen and oxygen atoms in total. The van der Waals surface area contributed by atoms with Crippen molar-refractivity contribution in [1.82, 2.24) is 9.80 Å². The van der Waals surface area contributed by atoms with E-state index in [1.54, 1.807) is 6.92 Å². The van der Waals surface area contributed by atoms with Crippen molar-refractivity contribution in [2.24, 2.45) is 0 Å². The minimum Gasteiger partial charge on any atom is -0.395 e. The largest absolute Gasteiger partial charge is 0.395 e. The summed E-state index contributed by atoms with van der Waals surface area (Å²) in [4.78, 5) is 16.5. The molecule has 1 atom stereocenters. The van der Waals surface area contributed by atoms with Gasteiger partial charge in [-0.2, -0.15) is 0 Å². The van der Waals surface area contributed by atoms with Gasteiger partial charge < -0.3 is 5.11 Å². The van der Waals surface area contributed by atoms with Crippen molar-refractivity contribution in [3.05, 3.63) is 35.4 Å². The van der Waals surface area contributed by atoms with E-state index in [0.717, 1.165) is 38.3 Å². The number of β-amino-alcohol motifs (C(OH)–C–C–N with tert-alkyl or cyclic N) is 1. The summed E-state index contributed by atoms with van der Waals surface area (Å²) in [6.45, 7) is 5.56. The molecular formula is C15H20F2N2O2. The van der Waals surface area contributed by atoms with Gasteiger partial charge in [-0.05, 0) is 25.1 Å². The van der Waals surface area contributed by atoms with Crippen LogP contribution in [0.15, 0.2) is 18.2 Å². The predicted octanol–water partition coefficient (Wildman–Crippen LogP) is 1.15. The van der Waals surface area contributed by atoms with E-state index in [1.807, 2.05) is 4.90 Å². The average molecular weight is 298 g/mol. The maximum Gasteiger partial charge on any atom is 0.179 e. The van der Waals surface area contributed by atoms with Crippen molar-refractivity contribution in [3.8, 4) is 0 Å². The van der Waals surface area contributed by atoms with Crippen molar-refractivity contribution < 1.29 is 18.7 Å². The fourth-order valence-corrected chi connectivity index (χ4v) is 2.57. The van der Waals surface area contributed by atoms with Crippen molar-refractivity contribution in [2.45, 2.75) is 13.0 Å². The number of hydrogen-bond acceptors (Lipinski definition) is 4. The summed E-state index contributed by atoms with van der Waals surface area (Å²) in [5, 5.41) is 8.90. The average Bonchev–Trinajstić information content (AvgIpc) is 2.50. The molecule has 21 heavy (non-hydrogen) atoms. The summed E-state index contributed by atoms with van der Waals surface area (Å²) < 4.78 is 26.1. The number of halogens is 2. The molecule has 0 amide bonds. The molecule has 116 valence electrons. The smallest absolute Gasteiger partial charge is 0.179 e. The third kappa shape index (κ3) is 3.84. The zero-order valence-electron chi connectivity index (χ0n) is 12.1. The van der Waals surface area contributed by atoms with E-state index in [2.05, 4.69) is 4.90 Å². The second-order valence-electron chi connectivity index (χ2n) is 5.27. The number of ketones is 1. The minimum atomic E-state index is -0.999. The first kappa shape index (κ1) is 16.0. The van der Waals surface area contributed by atoms with Crippen LogP contribution in [0.1, 0.15) is 17.3 Å². The summed E-state index contributed by atoms with van der Waals surface area (Å²) in [5.41, 5.74) is 0.194. The topological polar surface area (TPSA) is 43.8 Å². The van der Waals surface area contributed by atoms with Gasteiger partial charge in [0, 0.05) is 38.3 Å². The van der Waals surface area contributed by atoms with Crippen LogP contribution in [0.25, 0.3) is 0 Å². The molecule has 0 aliphatic carbocycles.